The first-order valence-corrected chi connectivity index (χ1v) is 7.58. The lowest BCUT2D eigenvalue weighted by molar-refractivity contribution is 0.325. The highest BCUT2D eigenvalue weighted by Crippen LogP contribution is 2.20. The van der Waals surface area contributed by atoms with Gasteiger partial charge < -0.3 is 15.4 Å². The predicted molar refractivity (Wildman–Crippen MR) is 89.9 cm³/mol. The van der Waals surface area contributed by atoms with E-state index in [0.29, 0.717) is 12.3 Å². The first-order valence-electron chi connectivity index (χ1n) is 7.58. The zero-order chi connectivity index (χ0) is 14.9. The number of nitrogens with zero attached hydrogens (tertiary/aromatic N) is 1. The van der Waals surface area contributed by atoms with Crippen LogP contribution in [0.2, 0.25) is 0 Å². The summed E-state index contributed by atoms with van der Waals surface area (Å²) >= 11 is 0. The van der Waals surface area contributed by atoms with Gasteiger partial charge in [0.05, 0.1) is 12.2 Å². The molecule has 2 N–H and O–H groups in total. The van der Waals surface area contributed by atoms with E-state index in [1.165, 1.54) is 18.5 Å². The summed E-state index contributed by atoms with van der Waals surface area (Å²) in [5.41, 5.74) is 7.83. The zero-order valence-electron chi connectivity index (χ0n) is 12.7. The monoisotopic (exact) mass is 284 g/mol. The van der Waals surface area contributed by atoms with Gasteiger partial charge in [-0.2, -0.15) is 0 Å². The molecule has 0 atom stereocenters. The Kier molecular flexibility index (Phi) is 5.95. The molecule has 0 aliphatic rings. The highest BCUT2D eigenvalue weighted by Gasteiger charge is 2.06. The molecule has 0 saturated carbocycles. The van der Waals surface area contributed by atoms with Crippen LogP contribution in [0.1, 0.15) is 19.8 Å². The fraction of sp³-hybridized carbons (Fsp3) is 0.333. The summed E-state index contributed by atoms with van der Waals surface area (Å²) in [6.07, 6.45) is 2.37. The van der Waals surface area contributed by atoms with Gasteiger partial charge in [0.2, 0.25) is 0 Å². The summed E-state index contributed by atoms with van der Waals surface area (Å²) in [4.78, 5) is 2.36. The van der Waals surface area contributed by atoms with E-state index < -0.39 is 0 Å². The number of rotatable bonds is 8. The van der Waals surface area contributed by atoms with Crippen molar-refractivity contribution in [1.29, 1.82) is 0 Å². The zero-order valence-corrected chi connectivity index (χ0v) is 12.7. The molecule has 2 rings (SSSR count). The molecule has 0 heterocycles. The highest BCUT2D eigenvalue weighted by atomic mass is 16.5. The number of nitrogen functional groups attached to an aromatic ring is 1. The van der Waals surface area contributed by atoms with E-state index in [-0.39, 0.29) is 0 Å². The summed E-state index contributed by atoms with van der Waals surface area (Å²) in [5, 5.41) is 0. The van der Waals surface area contributed by atoms with Crippen LogP contribution in [0.25, 0.3) is 0 Å². The van der Waals surface area contributed by atoms with Gasteiger partial charge in [0, 0.05) is 12.2 Å². The van der Waals surface area contributed by atoms with Crippen LogP contribution in [0, 0.1) is 0 Å². The standard InChI is InChI=1S/C18H24N2O/c1-2-3-13-20(16-9-5-4-6-10-16)14-15-21-18-12-8-7-11-17(18)19/h4-12H,2-3,13-15,19H2,1H3. The molecule has 0 spiro atoms. The molecule has 0 unspecified atom stereocenters. The molecule has 21 heavy (non-hydrogen) atoms. The molecular weight excluding hydrogens is 260 g/mol. The lowest BCUT2D eigenvalue weighted by atomic mass is 10.2. The van der Waals surface area contributed by atoms with E-state index in [1.807, 2.05) is 30.3 Å². The van der Waals surface area contributed by atoms with Crippen molar-refractivity contribution in [3.63, 3.8) is 0 Å². The molecule has 0 saturated heterocycles. The quantitative estimate of drug-likeness (QED) is 0.746. The van der Waals surface area contributed by atoms with Crippen molar-refractivity contribution in [3.8, 4) is 5.75 Å². The number of ether oxygens (including phenoxy) is 1. The van der Waals surface area contributed by atoms with Crippen LogP contribution in [0.15, 0.2) is 54.6 Å². The van der Waals surface area contributed by atoms with Gasteiger partial charge in [-0.1, -0.05) is 43.7 Å². The summed E-state index contributed by atoms with van der Waals surface area (Å²) in [5.74, 6) is 0.765. The first-order chi connectivity index (χ1) is 10.3. The summed E-state index contributed by atoms with van der Waals surface area (Å²) in [6.45, 7) is 4.75. The lowest BCUT2D eigenvalue weighted by Gasteiger charge is -2.25. The summed E-state index contributed by atoms with van der Waals surface area (Å²) in [7, 11) is 0. The highest BCUT2D eigenvalue weighted by molar-refractivity contribution is 5.52. The van der Waals surface area contributed by atoms with Crippen LogP contribution >= 0.6 is 0 Å². The fourth-order valence-electron chi connectivity index (χ4n) is 2.24. The third-order valence-electron chi connectivity index (χ3n) is 3.44. The minimum atomic E-state index is 0.632. The molecule has 3 heteroatoms. The normalized spacial score (nSPS) is 10.3. The van der Waals surface area contributed by atoms with E-state index in [1.54, 1.807) is 0 Å². The van der Waals surface area contributed by atoms with Gasteiger partial charge >= 0.3 is 0 Å². The van der Waals surface area contributed by atoms with E-state index in [4.69, 9.17) is 10.5 Å². The molecule has 2 aromatic rings. The molecule has 3 nitrogen and oxygen atoms in total. The van der Waals surface area contributed by atoms with Crippen LogP contribution in [0.4, 0.5) is 11.4 Å². The molecule has 0 radical (unpaired) electrons. The van der Waals surface area contributed by atoms with Gasteiger partial charge in [-0.05, 0) is 30.7 Å². The van der Waals surface area contributed by atoms with E-state index in [0.717, 1.165) is 18.8 Å². The Morgan fingerprint density at radius 3 is 2.38 bits per heavy atom. The number of nitrogens with two attached hydrogens (primary N) is 1. The Morgan fingerprint density at radius 2 is 1.67 bits per heavy atom. The third kappa shape index (κ3) is 4.71. The summed E-state index contributed by atoms with van der Waals surface area (Å²) in [6, 6.07) is 18.1. The van der Waals surface area contributed by atoms with Crippen LogP contribution < -0.4 is 15.4 Å². The van der Waals surface area contributed by atoms with Gasteiger partial charge in [0.25, 0.3) is 0 Å². The van der Waals surface area contributed by atoms with E-state index >= 15 is 0 Å². The van der Waals surface area contributed by atoms with Crippen molar-refractivity contribution in [3.05, 3.63) is 54.6 Å². The second-order valence-corrected chi connectivity index (χ2v) is 5.06. The Morgan fingerprint density at radius 1 is 0.952 bits per heavy atom. The average molecular weight is 284 g/mol. The van der Waals surface area contributed by atoms with Crippen molar-refractivity contribution in [2.45, 2.75) is 19.8 Å². The van der Waals surface area contributed by atoms with E-state index in [9.17, 15) is 0 Å². The first kappa shape index (κ1) is 15.2. The van der Waals surface area contributed by atoms with Crippen molar-refractivity contribution in [2.75, 3.05) is 30.3 Å². The number of anilines is 2. The maximum atomic E-state index is 5.89. The third-order valence-corrected chi connectivity index (χ3v) is 3.44. The SMILES string of the molecule is CCCCN(CCOc1ccccc1N)c1ccccc1. The van der Waals surface area contributed by atoms with Crippen LogP contribution in [0.5, 0.6) is 5.75 Å². The topological polar surface area (TPSA) is 38.5 Å². The number of hydrogen-bond acceptors (Lipinski definition) is 3. The minimum absolute atomic E-state index is 0.632. The van der Waals surface area contributed by atoms with Gasteiger partial charge in [-0.25, -0.2) is 0 Å². The Balaban J connectivity index is 1.92. The van der Waals surface area contributed by atoms with Gasteiger partial charge in [-0.3, -0.25) is 0 Å². The fourth-order valence-corrected chi connectivity index (χ4v) is 2.24. The number of hydrogen-bond donors (Lipinski definition) is 1. The maximum absolute atomic E-state index is 5.89. The largest absolute Gasteiger partial charge is 0.490 e. The molecular formula is C18H24N2O. The number of para-hydroxylation sites is 3. The van der Waals surface area contributed by atoms with Gasteiger partial charge in [0.1, 0.15) is 12.4 Å². The van der Waals surface area contributed by atoms with Crippen molar-refractivity contribution >= 4 is 11.4 Å². The molecule has 0 aromatic heterocycles. The lowest BCUT2D eigenvalue weighted by Crippen LogP contribution is -2.29. The van der Waals surface area contributed by atoms with Crippen LogP contribution in [0.3, 0.4) is 0 Å². The summed E-state index contributed by atoms with van der Waals surface area (Å²) < 4.78 is 5.80. The maximum Gasteiger partial charge on any atom is 0.142 e. The predicted octanol–water partition coefficient (Wildman–Crippen LogP) is 3.95. The van der Waals surface area contributed by atoms with Crippen LogP contribution in [-0.4, -0.2) is 19.7 Å². The molecule has 0 aliphatic heterocycles. The van der Waals surface area contributed by atoms with Crippen molar-refractivity contribution in [1.82, 2.24) is 0 Å². The van der Waals surface area contributed by atoms with Gasteiger partial charge in [-0.15, -0.1) is 0 Å². The average Bonchev–Trinajstić information content (AvgIpc) is 2.53. The Bertz CT molecular complexity index is 528. The molecule has 0 amide bonds. The second kappa shape index (κ2) is 8.20. The molecule has 0 aliphatic carbocycles. The molecule has 112 valence electrons. The van der Waals surface area contributed by atoms with Crippen LogP contribution in [-0.2, 0) is 0 Å². The smallest absolute Gasteiger partial charge is 0.142 e. The minimum Gasteiger partial charge on any atom is -0.490 e. The van der Waals surface area contributed by atoms with Gasteiger partial charge in [0.15, 0.2) is 0 Å². The number of unbranched alkanes of at least 4 members (excludes halogenated alkanes) is 1. The molecule has 2 aromatic carbocycles. The van der Waals surface area contributed by atoms with E-state index in [2.05, 4.69) is 36.1 Å². The Hall–Kier alpha value is -2.16. The van der Waals surface area contributed by atoms with Crippen molar-refractivity contribution in [2.24, 2.45) is 0 Å². The Labute approximate surface area is 127 Å². The molecule has 0 fully saturated rings. The molecule has 0 bridgehead atoms. The second-order valence-electron chi connectivity index (χ2n) is 5.06. The number of benzene rings is 2. The van der Waals surface area contributed by atoms with Crippen molar-refractivity contribution < 1.29 is 4.74 Å².